The summed E-state index contributed by atoms with van der Waals surface area (Å²) >= 11 is 0. The summed E-state index contributed by atoms with van der Waals surface area (Å²) in [6.45, 7) is 4.37. The van der Waals surface area contributed by atoms with Crippen LogP contribution in [-0.2, 0) is 11.2 Å². The second-order valence-corrected chi connectivity index (χ2v) is 7.94. The Kier molecular flexibility index (Phi) is 10.4. The molecule has 2 rings (SSSR count). The van der Waals surface area contributed by atoms with Crippen LogP contribution in [0.25, 0.3) is 11.4 Å². The van der Waals surface area contributed by atoms with Gasteiger partial charge >= 0.3 is 5.97 Å². The van der Waals surface area contributed by atoms with Gasteiger partial charge in [0.1, 0.15) is 0 Å². The van der Waals surface area contributed by atoms with Crippen molar-refractivity contribution in [1.29, 1.82) is 0 Å². The number of carboxylic acids is 1. The van der Waals surface area contributed by atoms with Crippen molar-refractivity contribution in [2.45, 2.75) is 90.4 Å². The van der Waals surface area contributed by atoms with Crippen molar-refractivity contribution in [3.63, 3.8) is 0 Å². The van der Waals surface area contributed by atoms with Crippen LogP contribution in [0.2, 0.25) is 0 Å². The molecule has 0 radical (unpaired) electrons. The van der Waals surface area contributed by atoms with Crippen LogP contribution in [0.1, 0.15) is 95.1 Å². The van der Waals surface area contributed by atoms with Crippen LogP contribution >= 0.6 is 0 Å². The summed E-state index contributed by atoms with van der Waals surface area (Å²) in [7, 11) is 0. The van der Waals surface area contributed by atoms with Gasteiger partial charge in [-0.25, -0.2) is 9.97 Å². The van der Waals surface area contributed by atoms with Gasteiger partial charge in [-0.05, 0) is 30.4 Å². The first kappa shape index (κ1) is 23.1. The molecule has 0 saturated carbocycles. The van der Waals surface area contributed by atoms with E-state index in [1.807, 2.05) is 36.7 Å². The highest BCUT2D eigenvalue weighted by Crippen LogP contribution is 2.25. The molecule has 0 spiro atoms. The second-order valence-electron chi connectivity index (χ2n) is 7.94. The number of carboxylic acid groups (broad SMARTS) is 1. The number of aliphatic carboxylic acids is 1. The summed E-state index contributed by atoms with van der Waals surface area (Å²) in [5, 5.41) is 9.55. The van der Waals surface area contributed by atoms with E-state index in [9.17, 15) is 9.90 Å². The molecule has 158 valence electrons. The first-order valence-electron chi connectivity index (χ1n) is 11.3. The van der Waals surface area contributed by atoms with Gasteiger partial charge in [0, 0.05) is 18.0 Å². The molecular weight excluding hydrogens is 360 g/mol. The highest BCUT2D eigenvalue weighted by Gasteiger charge is 2.19. The molecule has 2 aromatic rings. The van der Waals surface area contributed by atoms with Crippen molar-refractivity contribution < 1.29 is 9.90 Å². The molecule has 0 aliphatic carbocycles. The quantitative estimate of drug-likeness (QED) is 0.357. The van der Waals surface area contributed by atoms with Crippen LogP contribution < -0.4 is 0 Å². The number of unbranched alkanes of at least 4 members (excludes halogenated alkanes) is 7. The van der Waals surface area contributed by atoms with E-state index >= 15 is 0 Å². The molecule has 0 aliphatic heterocycles. The number of hydrogen-bond donors (Lipinski definition) is 1. The Morgan fingerprint density at radius 1 is 0.862 bits per heavy atom. The largest absolute Gasteiger partial charge is 0.481 e. The third-order valence-electron chi connectivity index (χ3n) is 5.49. The van der Waals surface area contributed by atoms with Crippen LogP contribution in [0, 0.1) is 0 Å². The minimum atomic E-state index is -0.746. The van der Waals surface area contributed by atoms with Gasteiger partial charge in [0.2, 0.25) is 0 Å². The molecule has 1 heterocycles. The van der Waals surface area contributed by atoms with Crippen molar-refractivity contribution in [2.75, 3.05) is 0 Å². The van der Waals surface area contributed by atoms with Gasteiger partial charge in [0.15, 0.2) is 5.82 Å². The lowest BCUT2D eigenvalue weighted by atomic mass is 9.92. The lowest BCUT2D eigenvalue weighted by molar-refractivity contribution is -0.139. The van der Waals surface area contributed by atoms with Crippen LogP contribution in [0.4, 0.5) is 0 Å². The molecule has 0 amide bonds. The summed E-state index contributed by atoms with van der Waals surface area (Å²) < 4.78 is 0. The van der Waals surface area contributed by atoms with E-state index < -0.39 is 11.9 Å². The smallest absolute Gasteiger partial charge is 0.310 e. The maximum Gasteiger partial charge on any atom is 0.310 e. The molecule has 4 nitrogen and oxygen atoms in total. The molecule has 1 aromatic heterocycles. The van der Waals surface area contributed by atoms with E-state index in [1.165, 1.54) is 44.1 Å². The van der Waals surface area contributed by atoms with Crippen molar-refractivity contribution >= 4 is 5.97 Å². The van der Waals surface area contributed by atoms with Crippen molar-refractivity contribution in [1.82, 2.24) is 9.97 Å². The maximum atomic E-state index is 11.6. The maximum absolute atomic E-state index is 11.6. The van der Waals surface area contributed by atoms with E-state index in [4.69, 9.17) is 0 Å². The number of aromatic nitrogens is 2. The normalized spacial score (nSPS) is 12.1. The monoisotopic (exact) mass is 396 g/mol. The zero-order valence-electron chi connectivity index (χ0n) is 18.1. The Hall–Kier alpha value is -2.23. The number of nitrogens with zero attached hydrogens (tertiary/aromatic N) is 2. The first-order chi connectivity index (χ1) is 14.2. The molecule has 4 heteroatoms. The van der Waals surface area contributed by atoms with Crippen LogP contribution in [-0.4, -0.2) is 21.0 Å². The molecule has 1 aromatic carbocycles. The molecule has 0 fully saturated rings. The predicted octanol–water partition coefficient (Wildman–Crippen LogP) is 6.80. The van der Waals surface area contributed by atoms with E-state index in [0.717, 1.165) is 36.8 Å². The highest BCUT2D eigenvalue weighted by atomic mass is 16.4. The Morgan fingerprint density at radius 2 is 1.45 bits per heavy atom. The lowest BCUT2D eigenvalue weighted by Crippen LogP contribution is -2.11. The molecule has 0 bridgehead atoms. The van der Waals surface area contributed by atoms with Gasteiger partial charge in [0.25, 0.3) is 0 Å². The van der Waals surface area contributed by atoms with E-state index in [0.29, 0.717) is 12.2 Å². The standard InChI is InChI=1S/C25H36N2O2/c1-3-5-7-8-9-11-12-20-18-26-24(27-19-20)22-16-14-21(15-17-22)23(25(28)29)13-10-6-4-2/h14-19,23H,3-13H2,1-2H3,(H,28,29). The minimum Gasteiger partial charge on any atom is -0.481 e. The Labute approximate surface area is 175 Å². The fourth-order valence-corrected chi connectivity index (χ4v) is 3.64. The number of rotatable bonds is 14. The molecular formula is C25H36N2O2. The first-order valence-corrected chi connectivity index (χ1v) is 11.3. The topological polar surface area (TPSA) is 63.1 Å². The Morgan fingerprint density at radius 3 is 2.07 bits per heavy atom. The van der Waals surface area contributed by atoms with Gasteiger partial charge in [-0.1, -0.05) is 89.5 Å². The second kappa shape index (κ2) is 13.1. The minimum absolute atomic E-state index is 0.434. The zero-order chi connectivity index (χ0) is 20.9. The number of hydrogen-bond acceptors (Lipinski definition) is 3. The van der Waals surface area contributed by atoms with E-state index in [2.05, 4.69) is 23.8 Å². The van der Waals surface area contributed by atoms with Crippen molar-refractivity contribution in [2.24, 2.45) is 0 Å². The number of aryl methyl sites for hydroxylation is 1. The zero-order valence-corrected chi connectivity index (χ0v) is 18.1. The summed E-state index contributed by atoms with van der Waals surface area (Å²) in [6.07, 6.45) is 16.4. The Bertz CT molecular complexity index is 711. The predicted molar refractivity (Wildman–Crippen MR) is 119 cm³/mol. The van der Waals surface area contributed by atoms with Crippen molar-refractivity contribution in [3.05, 3.63) is 47.8 Å². The molecule has 29 heavy (non-hydrogen) atoms. The van der Waals surface area contributed by atoms with Gasteiger partial charge in [-0.3, -0.25) is 4.79 Å². The summed E-state index contributed by atoms with van der Waals surface area (Å²) in [5.41, 5.74) is 2.97. The van der Waals surface area contributed by atoms with Gasteiger partial charge in [0.05, 0.1) is 5.92 Å². The van der Waals surface area contributed by atoms with Crippen LogP contribution in [0.5, 0.6) is 0 Å². The van der Waals surface area contributed by atoms with Gasteiger partial charge < -0.3 is 5.11 Å². The summed E-state index contributed by atoms with van der Waals surface area (Å²) in [5.74, 6) is -0.485. The molecule has 1 atom stereocenters. The third kappa shape index (κ3) is 7.96. The number of benzene rings is 1. The molecule has 1 N–H and O–H groups in total. The number of carbonyl (C=O) groups is 1. The fraction of sp³-hybridized carbons (Fsp3) is 0.560. The van der Waals surface area contributed by atoms with Crippen molar-refractivity contribution in [3.8, 4) is 11.4 Å². The van der Waals surface area contributed by atoms with Gasteiger partial charge in [-0.15, -0.1) is 0 Å². The van der Waals surface area contributed by atoms with Crippen LogP contribution in [0.15, 0.2) is 36.7 Å². The highest BCUT2D eigenvalue weighted by molar-refractivity contribution is 5.76. The molecule has 0 aliphatic rings. The fourth-order valence-electron chi connectivity index (χ4n) is 3.64. The van der Waals surface area contributed by atoms with Crippen LogP contribution in [0.3, 0.4) is 0 Å². The van der Waals surface area contributed by atoms with E-state index in [-0.39, 0.29) is 0 Å². The average Bonchev–Trinajstić information content (AvgIpc) is 2.74. The molecule has 1 unspecified atom stereocenters. The molecule has 0 saturated heterocycles. The van der Waals surface area contributed by atoms with Gasteiger partial charge in [-0.2, -0.15) is 0 Å². The lowest BCUT2D eigenvalue weighted by Gasteiger charge is -2.13. The SMILES string of the molecule is CCCCCCCCc1cnc(-c2ccc(C(CCCCC)C(=O)O)cc2)nc1. The van der Waals surface area contributed by atoms with E-state index in [1.54, 1.807) is 0 Å². The summed E-state index contributed by atoms with van der Waals surface area (Å²) in [6, 6.07) is 7.70. The average molecular weight is 397 g/mol. The summed E-state index contributed by atoms with van der Waals surface area (Å²) in [4.78, 5) is 20.7. The Balaban J connectivity index is 1.91. The third-order valence-corrected chi connectivity index (χ3v) is 5.49.